The van der Waals surface area contributed by atoms with Gasteiger partial charge in [-0.05, 0) is 19.9 Å². The van der Waals surface area contributed by atoms with Gasteiger partial charge in [0.2, 0.25) is 0 Å². The van der Waals surface area contributed by atoms with Gasteiger partial charge in [0.05, 0.1) is 0 Å². The molecule has 4 nitrogen and oxygen atoms in total. The molecule has 1 aromatic heterocycles. The summed E-state index contributed by atoms with van der Waals surface area (Å²) in [7, 11) is 0. The molecule has 0 spiro atoms. The maximum atomic E-state index is 10.3. The Morgan fingerprint density at radius 1 is 1.69 bits per heavy atom. The lowest BCUT2D eigenvalue weighted by atomic mass is 10.3. The van der Waals surface area contributed by atoms with E-state index < -0.39 is 5.97 Å². The minimum absolute atomic E-state index is 0.288. The van der Waals surface area contributed by atoms with Crippen LogP contribution >= 0.6 is 0 Å². The fraction of sp³-hybridized carbons (Fsp3) is 0.333. The highest BCUT2D eigenvalue weighted by atomic mass is 16.4. The van der Waals surface area contributed by atoms with Gasteiger partial charge in [0.15, 0.2) is 0 Å². The highest BCUT2D eigenvalue weighted by molar-refractivity contribution is 5.84. The summed E-state index contributed by atoms with van der Waals surface area (Å²) >= 11 is 0. The number of hydrogen-bond acceptors (Lipinski definition) is 2. The predicted octanol–water partition coefficient (Wildman–Crippen LogP) is 1.56. The normalized spacial score (nSPS) is 11.3. The maximum Gasteiger partial charge on any atom is 0.328 e. The smallest absolute Gasteiger partial charge is 0.328 e. The Kier molecular flexibility index (Phi) is 2.84. The van der Waals surface area contributed by atoms with E-state index in [1.165, 1.54) is 6.08 Å². The molecule has 4 heteroatoms. The predicted molar refractivity (Wildman–Crippen MR) is 49.3 cm³/mol. The number of carboxylic acids is 1. The van der Waals surface area contributed by atoms with Crippen molar-refractivity contribution in [1.29, 1.82) is 0 Å². The third-order valence-corrected chi connectivity index (χ3v) is 1.63. The summed E-state index contributed by atoms with van der Waals surface area (Å²) in [5.41, 5.74) is 0. The van der Waals surface area contributed by atoms with E-state index in [1.807, 2.05) is 24.6 Å². The molecular formula is C9H12N2O2. The van der Waals surface area contributed by atoms with Gasteiger partial charge in [-0.3, -0.25) is 0 Å². The van der Waals surface area contributed by atoms with Crippen LogP contribution in [0.25, 0.3) is 6.08 Å². The van der Waals surface area contributed by atoms with Gasteiger partial charge >= 0.3 is 5.97 Å². The third-order valence-electron chi connectivity index (χ3n) is 1.63. The maximum absolute atomic E-state index is 10.3. The van der Waals surface area contributed by atoms with Crippen LogP contribution in [-0.2, 0) is 4.79 Å². The first kappa shape index (κ1) is 9.51. The molecule has 1 rings (SSSR count). The standard InChI is InChI=1S/C9H12N2O2/c1-7(2)11-6-5-10-8(11)3-4-9(12)13/h3-7H,1-2H3,(H,12,13). The molecule has 0 aliphatic rings. The summed E-state index contributed by atoms with van der Waals surface area (Å²) < 4.78 is 1.90. The molecule has 0 fully saturated rings. The van der Waals surface area contributed by atoms with Crippen molar-refractivity contribution < 1.29 is 9.90 Å². The monoisotopic (exact) mass is 180 g/mol. The van der Waals surface area contributed by atoms with E-state index in [0.717, 1.165) is 6.08 Å². The molecule has 0 aromatic carbocycles. The summed E-state index contributed by atoms with van der Waals surface area (Å²) in [6.45, 7) is 4.03. The van der Waals surface area contributed by atoms with E-state index in [9.17, 15) is 4.79 Å². The van der Waals surface area contributed by atoms with E-state index in [2.05, 4.69) is 4.98 Å². The van der Waals surface area contributed by atoms with Crippen molar-refractivity contribution in [3.05, 3.63) is 24.3 Å². The molecule has 0 aliphatic heterocycles. The second kappa shape index (κ2) is 3.89. The molecule has 0 unspecified atom stereocenters. The Labute approximate surface area is 76.5 Å². The van der Waals surface area contributed by atoms with Crippen molar-refractivity contribution in [2.24, 2.45) is 0 Å². The van der Waals surface area contributed by atoms with Crippen molar-refractivity contribution in [3.63, 3.8) is 0 Å². The Bertz CT molecular complexity index is 326. The largest absolute Gasteiger partial charge is 0.478 e. The van der Waals surface area contributed by atoms with Crippen molar-refractivity contribution in [2.75, 3.05) is 0 Å². The average molecular weight is 180 g/mol. The Morgan fingerprint density at radius 2 is 2.38 bits per heavy atom. The van der Waals surface area contributed by atoms with Gasteiger partial charge in [-0.15, -0.1) is 0 Å². The molecule has 13 heavy (non-hydrogen) atoms. The van der Waals surface area contributed by atoms with Crippen LogP contribution in [0.5, 0.6) is 0 Å². The van der Waals surface area contributed by atoms with Crippen LogP contribution in [-0.4, -0.2) is 20.6 Å². The Balaban J connectivity index is 2.88. The highest BCUT2D eigenvalue weighted by Gasteiger charge is 2.02. The van der Waals surface area contributed by atoms with Crippen LogP contribution in [0.1, 0.15) is 25.7 Å². The van der Waals surface area contributed by atoms with Gasteiger partial charge in [-0.25, -0.2) is 9.78 Å². The van der Waals surface area contributed by atoms with Crippen molar-refractivity contribution >= 4 is 12.0 Å². The van der Waals surface area contributed by atoms with E-state index in [0.29, 0.717) is 5.82 Å². The fourth-order valence-corrected chi connectivity index (χ4v) is 1.04. The summed E-state index contributed by atoms with van der Waals surface area (Å²) in [6, 6.07) is 0.288. The summed E-state index contributed by atoms with van der Waals surface area (Å²) in [4.78, 5) is 14.3. The van der Waals surface area contributed by atoms with Gasteiger partial charge < -0.3 is 9.67 Å². The number of imidazole rings is 1. The quantitative estimate of drug-likeness (QED) is 0.718. The molecule has 0 bridgehead atoms. The van der Waals surface area contributed by atoms with E-state index >= 15 is 0 Å². The van der Waals surface area contributed by atoms with Gasteiger partial charge in [0, 0.05) is 24.5 Å². The van der Waals surface area contributed by atoms with Gasteiger partial charge in [0.1, 0.15) is 5.82 Å². The Hall–Kier alpha value is -1.58. The molecule has 0 saturated carbocycles. The van der Waals surface area contributed by atoms with Crippen LogP contribution in [0.4, 0.5) is 0 Å². The zero-order chi connectivity index (χ0) is 9.84. The third kappa shape index (κ3) is 2.43. The number of aliphatic carboxylic acids is 1. The van der Waals surface area contributed by atoms with Crippen molar-refractivity contribution in [1.82, 2.24) is 9.55 Å². The molecule has 1 N–H and O–H groups in total. The number of hydrogen-bond donors (Lipinski definition) is 1. The molecule has 70 valence electrons. The zero-order valence-corrected chi connectivity index (χ0v) is 7.64. The number of carboxylic acid groups (broad SMARTS) is 1. The van der Waals surface area contributed by atoms with Crippen molar-refractivity contribution in [3.8, 4) is 0 Å². The van der Waals surface area contributed by atoms with Gasteiger partial charge in [0.25, 0.3) is 0 Å². The first-order chi connectivity index (χ1) is 6.11. The Morgan fingerprint density at radius 3 is 2.92 bits per heavy atom. The second-order valence-corrected chi connectivity index (χ2v) is 2.96. The lowest BCUT2D eigenvalue weighted by Gasteiger charge is -2.07. The summed E-state index contributed by atoms with van der Waals surface area (Å²) in [5.74, 6) is -0.296. The minimum Gasteiger partial charge on any atom is -0.478 e. The first-order valence-corrected chi connectivity index (χ1v) is 4.05. The molecule has 1 aromatic rings. The number of rotatable bonds is 3. The number of nitrogens with zero attached hydrogens (tertiary/aromatic N) is 2. The van der Waals surface area contributed by atoms with Crippen LogP contribution < -0.4 is 0 Å². The summed E-state index contributed by atoms with van der Waals surface area (Å²) in [6.07, 6.45) is 6.05. The van der Waals surface area contributed by atoms with E-state index in [-0.39, 0.29) is 6.04 Å². The molecule has 0 saturated heterocycles. The van der Waals surface area contributed by atoms with Gasteiger partial charge in [-0.2, -0.15) is 0 Å². The number of aromatic nitrogens is 2. The first-order valence-electron chi connectivity index (χ1n) is 4.05. The average Bonchev–Trinajstić information content (AvgIpc) is 2.47. The molecule has 0 radical (unpaired) electrons. The van der Waals surface area contributed by atoms with E-state index in [1.54, 1.807) is 6.20 Å². The summed E-state index contributed by atoms with van der Waals surface area (Å²) in [5, 5.41) is 8.42. The van der Waals surface area contributed by atoms with Crippen LogP contribution in [0.2, 0.25) is 0 Å². The molecular weight excluding hydrogens is 168 g/mol. The lowest BCUT2D eigenvalue weighted by molar-refractivity contribution is -0.131. The lowest BCUT2D eigenvalue weighted by Crippen LogP contribution is -2.01. The van der Waals surface area contributed by atoms with E-state index in [4.69, 9.17) is 5.11 Å². The topological polar surface area (TPSA) is 55.1 Å². The minimum atomic E-state index is -0.960. The number of carbonyl (C=O) groups is 1. The molecule has 1 heterocycles. The molecule has 0 atom stereocenters. The van der Waals surface area contributed by atoms with Crippen LogP contribution in [0.3, 0.4) is 0 Å². The van der Waals surface area contributed by atoms with Gasteiger partial charge in [-0.1, -0.05) is 0 Å². The van der Waals surface area contributed by atoms with Crippen LogP contribution in [0, 0.1) is 0 Å². The SMILES string of the molecule is CC(C)n1ccnc1C=CC(=O)O. The molecule has 0 amide bonds. The van der Waals surface area contributed by atoms with Crippen molar-refractivity contribution in [2.45, 2.75) is 19.9 Å². The van der Waals surface area contributed by atoms with Crippen LogP contribution in [0.15, 0.2) is 18.5 Å². The highest BCUT2D eigenvalue weighted by Crippen LogP contribution is 2.08. The zero-order valence-electron chi connectivity index (χ0n) is 7.64. The fourth-order valence-electron chi connectivity index (χ4n) is 1.04. The molecule has 0 aliphatic carbocycles. The second-order valence-electron chi connectivity index (χ2n) is 2.96.